The molecule has 1 saturated heterocycles. The SMILES string of the molecule is Cc1ccc(C(C(=O)Cc2ccc(N3CCOCC3)cc2)S(=O)(=O)O)cc1. The van der Waals surface area contributed by atoms with Gasteiger partial charge in [0.15, 0.2) is 11.0 Å². The van der Waals surface area contributed by atoms with Crippen molar-refractivity contribution in [2.24, 2.45) is 0 Å². The van der Waals surface area contributed by atoms with Crippen LogP contribution in [0.5, 0.6) is 0 Å². The molecule has 3 rings (SSSR count). The fourth-order valence-electron chi connectivity index (χ4n) is 3.21. The van der Waals surface area contributed by atoms with Crippen LogP contribution in [-0.2, 0) is 26.1 Å². The Balaban J connectivity index is 1.76. The number of hydrogen-bond acceptors (Lipinski definition) is 5. The summed E-state index contributed by atoms with van der Waals surface area (Å²) in [7, 11) is -4.55. The minimum Gasteiger partial charge on any atom is -0.378 e. The van der Waals surface area contributed by atoms with E-state index in [1.807, 2.05) is 31.2 Å². The largest absolute Gasteiger partial charge is 0.378 e. The Morgan fingerprint density at radius 3 is 2.22 bits per heavy atom. The molecular weight excluding hydrogens is 366 g/mol. The third-order valence-corrected chi connectivity index (χ3v) is 5.79. The van der Waals surface area contributed by atoms with E-state index in [1.54, 1.807) is 24.3 Å². The predicted octanol–water partition coefficient (Wildman–Crippen LogP) is 2.57. The first-order valence-corrected chi connectivity index (χ1v) is 10.3. The molecule has 0 amide bonds. The summed E-state index contributed by atoms with van der Waals surface area (Å²) in [5.74, 6) is -0.555. The number of ether oxygens (including phenoxy) is 1. The quantitative estimate of drug-likeness (QED) is 0.765. The van der Waals surface area contributed by atoms with E-state index < -0.39 is 21.2 Å². The number of anilines is 1. The number of rotatable bonds is 6. The van der Waals surface area contributed by atoms with Crippen LogP contribution in [0.2, 0.25) is 0 Å². The van der Waals surface area contributed by atoms with Gasteiger partial charge in [-0.05, 0) is 30.2 Å². The van der Waals surface area contributed by atoms with Gasteiger partial charge in [-0.15, -0.1) is 0 Å². The molecule has 2 aromatic carbocycles. The second-order valence-corrected chi connectivity index (χ2v) is 8.22. The number of hydrogen-bond donors (Lipinski definition) is 1. The lowest BCUT2D eigenvalue weighted by molar-refractivity contribution is -0.118. The van der Waals surface area contributed by atoms with Crippen LogP contribution in [-0.4, -0.2) is 45.1 Å². The zero-order valence-corrected chi connectivity index (χ0v) is 16.0. The summed E-state index contributed by atoms with van der Waals surface area (Å²) in [4.78, 5) is 14.9. The summed E-state index contributed by atoms with van der Waals surface area (Å²) in [6.07, 6.45) is -0.0677. The molecule has 6 nitrogen and oxygen atoms in total. The first-order valence-electron chi connectivity index (χ1n) is 8.82. The molecule has 0 radical (unpaired) electrons. The third kappa shape index (κ3) is 4.94. The zero-order chi connectivity index (χ0) is 19.4. The highest BCUT2D eigenvalue weighted by Gasteiger charge is 2.32. The minimum atomic E-state index is -4.55. The van der Waals surface area contributed by atoms with E-state index in [0.717, 1.165) is 24.3 Å². The molecule has 1 N–H and O–H groups in total. The van der Waals surface area contributed by atoms with Crippen molar-refractivity contribution in [2.45, 2.75) is 18.6 Å². The van der Waals surface area contributed by atoms with Crippen LogP contribution in [0.15, 0.2) is 48.5 Å². The van der Waals surface area contributed by atoms with Gasteiger partial charge in [0.05, 0.1) is 13.2 Å². The smallest absolute Gasteiger partial charge is 0.279 e. The molecule has 2 aromatic rings. The van der Waals surface area contributed by atoms with Crippen LogP contribution in [0.4, 0.5) is 5.69 Å². The molecule has 0 spiro atoms. The van der Waals surface area contributed by atoms with Crippen LogP contribution < -0.4 is 4.90 Å². The van der Waals surface area contributed by atoms with E-state index in [9.17, 15) is 17.8 Å². The van der Waals surface area contributed by atoms with Gasteiger partial charge in [-0.1, -0.05) is 42.0 Å². The lowest BCUT2D eigenvalue weighted by Gasteiger charge is -2.28. The average molecular weight is 389 g/mol. The highest BCUT2D eigenvalue weighted by Crippen LogP contribution is 2.25. The van der Waals surface area contributed by atoms with Crippen molar-refractivity contribution in [1.29, 1.82) is 0 Å². The molecule has 0 aromatic heterocycles. The van der Waals surface area contributed by atoms with Crippen molar-refractivity contribution in [3.63, 3.8) is 0 Å². The normalized spacial score (nSPS) is 16.1. The number of nitrogens with zero attached hydrogens (tertiary/aromatic N) is 1. The molecular formula is C20H23NO5S. The Labute approximate surface area is 159 Å². The zero-order valence-electron chi connectivity index (χ0n) is 15.2. The van der Waals surface area contributed by atoms with E-state index in [1.165, 1.54) is 0 Å². The number of ketones is 1. The Hall–Kier alpha value is -2.22. The number of carbonyl (C=O) groups is 1. The molecule has 1 fully saturated rings. The van der Waals surface area contributed by atoms with Gasteiger partial charge in [-0.2, -0.15) is 8.42 Å². The van der Waals surface area contributed by atoms with Gasteiger partial charge in [-0.3, -0.25) is 9.35 Å². The average Bonchev–Trinajstić information content (AvgIpc) is 2.64. The summed E-state index contributed by atoms with van der Waals surface area (Å²) in [5, 5.41) is -1.57. The lowest BCUT2D eigenvalue weighted by Crippen LogP contribution is -2.36. The number of carbonyl (C=O) groups excluding carboxylic acids is 1. The van der Waals surface area contributed by atoms with Crippen LogP contribution in [0.1, 0.15) is 21.9 Å². The monoisotopic (exact) mass is 389 g/mol. The summed E-state index contributed by atoms with van der Waals surface area (Å²) in [5.41, 5.74) is 2.97. The van der Waals surface area contributed by atoms with Crippen molar-refractivity contribution in [3.8, 4) is 0 Å². The van der Waals surface area contributed by atoms with E-state index in [4.69, 9.17) is 4.74 Å². The van der Waals surface area contributed by atoms with Gasteiger partial charge in [-0.25, -0.2) is 0 Å². The molecule has 27 heavy (non-hydrogen) atoms. The summed E-state index contributed by atoms with van der Waals surface area (Å²) in [6.45, 7) is 4.87. The molecule has 1 atom stereocenters. The van der Waals surface area contributed by atoms with Crippen molar-refractivity contribution in [1.82, 2.24) is 0 Å². The predicted molar refractivity (Wildman–Crippen MR) is 104 cm³/mol. The maximum Gasteiger partial charge on any atom is 0.279 e. The fourth-order valence-corrected chi connectivity index (χ4v) is 4.12. The van der Waals surface area contributed by atoms with Gasteiger partial charge >= 0.3 is 0 Å². The van der Waals surface area contributed by atoms with Crippen LogP contribution in [0, 0.1) is 6.92 Å². The van der Waals surface area contributed by atoms with Crippen molar-refractivity contribution < 1.29 is 22.5 Å². The summed E-state index contributed by atoms with van der Waals surface area (Å²) in [6, 6.07) is 14.0. The molecule has 1 heterocycles. The van der Waals surface area contributed by atoms with Crippen LogP contribution in [0.3, 0.4) is 0 Å². The Bertz CT molecular complexity index is 885. The molecule has 1 aliphatic heterocycles. The third-order valence-electron chi connectivity index (χ3n) is 4.66. The standard InChI is InChI=1S/C20H23NO5S/c1-15-2-6-17(7-3-15)20(27(23,24)25)19(22)14-16-4-8-18(9-5-16)21-10-12-26-13-11-21/h2-9,20H,10-14H2,1H3,(H,23,24,25). The van der Waals surface area contributed by atoms with E-state index >= 15 is 0 Å². The number of aryl methyl sites for hydroxylation is 1. The second-order valence-electron chi connectivity index (χ2n) is 6.71. The maximum absolute atomic E-state index is 12.7. The van der Waals surface area contributed by atoms with Crippen LogP contribution in [0.25, 0.3) is 0 Å². The number of morpholine rings is 1. The van der Waals surface area contributed by atoms with E-state index in [-0.39, 0.29) is 12.0 Å². The first kappa shape index (κ1) is 19.5. The molecule has 0 bridgehead atoms. The van der Waals surface area contributed by atoms with E-state index in [0.29, 0.717) is 18.8 Å². The molecule has 0 aliphatic carbocycles. The van der Waals surface area contributed by atoms with E-state index in [2.05, 4.69) is 4.90 Å². The fraction of sp³-hybridized carbons (Fsp3) is 0.350. The Morgan fingerprint density at radius 1 is 1.07 bits per heavy atom. The van der Waals surface area contributed by atoms with Crippen LogP contribution >= 0.6 is 0 Å². The molecule has 144 valence electrons. The Kier molecular flexibility index (Phi) is 5.94. The number of Topliss-reactive ketones (excluding diaryl/α,β-unsaturated/α-hetero) is 1. The Morgan fingerprint density at radius 2 is 1.67 bits per heavy atom. The molecule has 7 heteroatoms. The van der Waals surface area contributed by atoms with Crippen molar-refractivity contribution >= 4 is 21.6 Å². The lowest BCUT2D eigenvalue weighted by atomic mass is 10.0. The molecule has 1 aliphatic rings. The van der Waals surface area contributed by atoms with Gasteiger partial charge in [0.2, 0.25) is 0 Å². The van der Waals surface area contributed by atoms with Crippen molar-refractivity contribution in [3.05, 3.63) is 65.2 Å². The minimum absolute atomic E-state index is 0.0677. The van der Waals surface area contributed by atoms with Gasteiger partial charge in [0.1, 0.15) is 0 Å². The molecule has 1 unspecified atom stereocenters. The second kappa shape index (κ2) is 8.21. The number of benzene rings is 2. The van der Waals surface area contributed by atoms with Gasteiger partial charge < -0.3 is 9.64 Å². The summed E-state index contributed by atoms with van der Waals surface area (Å²) < 4.78 is 38.6. The highest BCUT2D eigenvalue weighted by atomic mass is 32.2. The summed E-state index contributed by atoms with van der Waals surface area (Å²) >= 11 is 0. The first-order chi connectivity index (χ1) is 12.8. The maximum atomic E-state index is 12.7. The van der Waals surface area contributed by atoms with Gasteiger partial charge in [0.25, 0.3) is 10.1 Å². The molecule has 0 saturated carbocycles. The van der Waals surface area contributed by atoms with Gasteiger partial charge in [0, 0.05) is 25.2 Å². The van der Waals surface area contributed by atoms with Crippen molar-refractivity contribution in [2.75, 3.05) is 31.2 Å². The topological polar surface area (TPSA) is 83.9 Å². The highest BCUT2D eigenvalue weighted by molar-refractivity contribution is 7.86.